The summed E-state index contributed by atoms with van der Waals surface area (Å²) >= 11 is 0. The Balaban J connectivity index is 2.15. The Morgan fingerprint density at radius 1 is 1.18 bits per heavy atom. The summed E-state index contributed by atoms with van der Waals surface area (Å²) in [7, 11) is 1.60. The van der Waals surface area contributed by atoms with E-state index in [1.807, 2.05) is 18.2 Å². The molecular weight excluding hydrogens is 216 g/mol. The van der Waals surface area contributed by atoms with Crippen LogP contribution in [0.2, 0.25) is 0 Å². The van der Waals surface area contributed by atoms with Gasteiger partial charge in [-0.3, -0.25) is 9.78 Å². The van der Waals surface area contributed by atoms with Gasteiger partial charge in [-0.15, -0.1) is 0 Å². The lowest BCUT2D eigenvalue weighted by Crippen LogP contribution is -1.93. The second-order valence-electron chi connectivity index (χ2n) is 3.48. The molecule has 1 aromatic heterocycles. The van der Waals surface area contributed by atoms with Gasteiger partial charge in [0.1, 0.15) is 12.0 Å². The van der Waals surface area contributed by atoms with Crippen molar-refractivity contribution in [1.29, 1.82) is 0 Å². The van der Waals surface area contributed by atoms with E-state index in [2.05, 4.69) is 10.3 Å². The normalized spacial score (nSPS) is 9.71. The van der Waals surface area contributed by atoms with Crippen molar-refractivity contribution in [2.45, 2.75) is 0 Å². The van der Waals surface area contributed by atoms with Crippen molar-refractivity contribution in [1.82, 2.24) is 4.98 Å². The monoisotopic (exact) mass is 228 g/mol. The summed E-state index contributed by atoms with van der Waals surface area (Å²) in [5.74, 6) is 0.694. The van der Waals surface area contributed by atoms with Crippen molar-refractivity contribution in [3.63, 3.8) is 0 Å². The Morgan fingerprint density at radius 2 is 1.94 bits per heavy atom. The SMILES string of the molecule is COc1cncc(Nc2ccc(C=O)cc2)c1. The predicted molar refractivity (Wildman–Crippen MR) is 65.9 cm³/mol. The molecule has 0 amide bonds. The van der Waals surface area contributed by atoms with E-state index in [1.54, 1.807) is 31.6 Å². The van der Waals surface area contributed by atoms with E-state index in [4.69, 9.17) is 4.74 Å². The smallest absolute Gasteiger partial charge is 0.150 e. The highest BCUT2D eigenvalue weighted by Crippen LogP contribution is 2.19. The third-order valence-corrected chi connectivity index (χ3v) is 2.28. The number of hydrogen-bond acceptors (Lipinski definition) is 4. The average Bonchev–Trinajstić information content (AvgIpc) is 2.40. The van der Waals surface area contributed by atoms with E-state index >= 15 is 0 Å². The predicted octanol–water partition coefficient (Wildman–Crippen LogP) is 2.65. The molecule has 86 valence electrons. The van der Waals surface area contributed by atoms with Crippen molar-refractivity contribution in [2.24, 2.45) is 0 Å². The maximum absolute atomic E-state index is 10.5. The molecule has 0 spiro atoms. The molecule has 4 heteroatoms. The van der Waals surface area contributed by atoms with Gasteiger partial charge in [-0.05, 0) is 24.3 Å². The number of anilines is 2. The number of aromatic nitrogens is 1. The Labute approximate surface area is 99.3 Å². The molecular formula is C13H12N2O2. The summed E-state index contributed by atoms with van der Waals surface area (Å²) in [4.78, 5) is 14.6. The van der Waals surface area contributed by atoms with E-state index in [0.717, 1.165) is 17.7 Å². The van der Waals surface area contributed by atoms with E-state index < -0.39 is 0 Å². The van der Waals surface area contributed by atoms with Crippen molar-refractivity contribution < 1.29 is 9.53 Å². The average molecular weight is 228 g/mol. The van der Waals surface area contributed by atoms with Gasteiger partial charge in [-0.2, -0.15) is 0 Å². The number of hydrogen-bond donors (Lipinski definition) is 1. The van der Waals surface area contributed by atoms with Crippen molar-refractivity contribution >= 4 is 17.7 Å². The molecule has 0 atom stereocenters. The highest BCUT2D eigenvalue weighted by Gasteiger charge is 1.98. The number of nitrogens with zero attached hydrogens (tertiary/aromatic N) is 1. The summed E-state index contributed by atoms with van der Waals surface area (Å²) in [6.45, 7) is 0. The van der Waals surface area contributed by atoms with Crippen molar-refractivity contribution in [3.05, 3.63) is 48.3 Å². The number of carbonyl (C=O) groups is 1. The molecule has 1 N–H and O–H groups in total. The highest BCUT2D eigenvalue weighted by atomic mass is 16.5. The molecule has 0 unspecified atom stereocenters. The van der Waals surface area contributed by atoms with Crippen LogP contribution in [0.4, 0.5) is 11.4 Å². The number of aldehydes is 1. The van der Waals surface area contributed by atoms with Gasteiger partial charge in [-0.25, -0.2) is 0 Å². The maximum atomic E-state index is 10.5. The largest absolute Gasteiger partial charge is 0.495 e. The molecule has 0 aliphatic heterocycles. The van der Waals surface area contributed by atoms with Crippen LogP contribution in [-0.2, 0) is 0 Å². The first-order valence-corrected chi connectivity index (χ1v) is 5.13. The fraction of sp³-hybridized carbons (Fsp3) is 0.0769. The fourth-order valence-corrected chi connectivity index (χ4v) is 1.41. The van der Waals surface area contributed by atoms with E-state index in [1.165, 1.54) is 0 Å². The molecule has 17 heavy (non-hydrogen) atoms. The van der Waals surface area contributed by atoms with Crippen LogP contribution < -0.4 is 10.1 Å². The van der Waals surface area contributed by atoms with E-state index in [0.29, 0.717) is 11.3 Å². The van der Waals surface area contributed by atoms with Crippen LogP contribution in [0.15, 0.2) is 42.7 Å². The topological polar surface area (TPSA) is 51.2 Å². The number of methoxy groups -OCH3 is 1. The first kappa shape index (κ1) is 11.1. The lowest BCUT2D eigenvalue weighted by atomic mass is 10.2. The molecule has 0 saturated carbocycles. The minimum Gasteiger partial charge on any atom is -0.495 e. The van der Waals surface area contributed by atoms with E-state index in [-0.39, 0.29) is 0 Å². The first-order chi connectivity index (χ1) is 8.31. The number of carbonyl (C=O) groups excluding carboxylic acids is 1. The summed E-state index contributed by atoms with van der Waals surface area (Å²) in [5, 5.41) is 3.17. The van der Waals surface area contributed by atoms with Crippen molar-refractivity contribution in [2.75, 3.05) is 12.4 Å². The van der Waals surface area contributed by atoms with Crippen LogP contribution in [0.1, 0.15) is 10.4 Å². The van der Waals surface area contributed by atoms with Gasteiger partial charge >= 0.3 is 0 Å². The van der Waals surface area contributed by atoms with Crippen LogP contribution in [0, 0.1) is 0 Å². The van der Waals surface area contributed by atoms with Crippen molar-refractivity contribution in [3.8, 4) is 5.75 Å². The second kappa shape index (κ2) is 5.12. The molecule has 2 rings (SSSR count). The number of rotatable bonds is 4. The van der Waals surface area contributed by atoms with Gasteiger partial charge in [-0.1, -0.05) is 0 Å². The Bertz CT molecular complexity index is 509. The van der Waals surface area contributed by atoms with E-state index in [9.17, 15) is 4.79 Å². The van der Waals surface area contributed by atoms with Crippen LogP contribution >= 0.6 is 0 Å². The molecule has 0 radical (unpaired) electrons. The third-order valence-electron chi connectivity index (χ3n) is 2.28. The molecule has 1 aromatic carbocycles. The zero-order valence-electron chi connectivity index (χ0n) is 9.38. The van der Waals surface area contributed by atoms with Gasteiger partial charge in [0.15, 0.2) is 0 Å². The van der Waals surface area contributed by atoms with Crippen LogP contribution in [0.3, 0.4) is 0 Å². The molecule has 2 aromatic rings. The molecule has 0 aliphatic rings. The molecule has 0 aliphatic carbocycles. The molecule has 0 bridgehead atoms. The Hall–Kier alpha value is -2.36. The quantitative estimate of drug-likeness (QED) is 0.817. The van der Waals surface area contributed by atoms with Gasteiger partial charge < -0.3 is 10.1 Å². The maximum Gasteiger partial charge on any atom is 0.150 e. The van der Waals surface area contributed by atoms with Crippen LogP contribution in [0.25, 0.3) is 0 Å². The van der Waals surface area contributed by atoms with Crippen LogP contribution in [0.5, 0.6) is 5.75 Å². The fourth-order valence-electron chi connectivity index (χ4n) is 1.41. The molecule has 0 fully saturated rings. The number of nitrogens with one attached hydrogen (secondary N) is 1. The lowest BCUT2D eigenvalue weighted by molar-refractivity contribution is 0.112. The van der Waals surface area contributed by atoms with Gasteiger partial charge in [0.2, 0.25) is 0 Å². The lowest BCUT2D eigenvalue weighted by Gasteiger charge is -2.07. The summed E-state index contributed by atoms with van der Waals surface area (Å²) < 4.78 is 5.08. The Kier molecular flexibility index (Phi) is 3.35. The van der Waals surface area contributed by atoms with Gasteiger partial charge in [0.25, 0.3) is 0 Å². The minimum absolute atomic E-state index is 0.652. The zero-order valence-corrected chi connectivity index (χ0v) is 9.38. The third kappa shape index (κ3) is 2.81. The first-order valence-electron chi connectivity index (χ1n) is 5.13. The standard InChI is InChI=1S/C13H12N2O2/c1-17-13-6-12(7-14-8-13)15-11-4-2-10(9-16)3-5-11/h2-9,15H,1H3. The Morgan fingerprint density at radius 3 is 2.59 bits per heavy atom. The summed E-state index contributed by atoms with van der Waals surface area (Å²) in [6.07, 6.45) is 4.16. The molecule has 0 saturated heterocycles. The number of pyridine rings is 1. The zero-order chi connectivity index (χ0) is 12.1. The number of ether oxygens (including phenoxy) is 1. The number of benzene rings is 1. The summed E-state index contributed by atoms with van der Waals surface area (Å²) in [6, 6.07) is 9.03. The molecule has 1 heterocycles. The summed E-state index contributed by atoms with van der Waals surface area (Å²) in [5.41, 5.74) is 2.38. The molecule has 4 nitrogen and oxygen atoms in total. The second-order valence-corrected chi connectivity index (χ2v) is 3.48. The minimum atomic E-state index is 0.652. The highest BCUT2D eigenvalue weighted by molar-refractivity contribution is 5.76. The van der Waals surface area contributed by atoms with Gasteiger partial charge in [0.05, 0.1) is 25.2 Å². The van der Waals surface area contributed by atoms with Crippen LogP contribution in [-0.4, -0.2) is 18.4 Å². The van der Waals surface area contributed by atoms with Gasteiger partial charge in [0, 0.05) is 17.3 Å².